The van der Waals surface area contributed by atoms with Gasteiger partial charge < -0.3 is 20.4 Å². The Balaban J connectivity index is 1.40. The van der Waals surface area contributed by atoms with Crippen LogP contribution >= 0.6 is 15.9 Å². The molecular weight excluding hydrogens is 528 g/mol. The van der Waals surface area contributed by atoms with E-state index in [-0.39, 0.29) is 23.9 Å². The number of piperidine rings is 1. The fraction of sp³-hybridized carbons (Fsp3) is 0.600. The van der Waals surface area contributed by atoms with Crippen molar-refractivity contribution in [3.63, 3.8) is 0 Å². The molecule has 0 aromatic heterocycles. The van der Waals surface area contributed by atoms with E-state index in [4.69, 9.17) is 0 Å². The largest absolute Gasteiger partial charge is 0.350 e. The molecule has 202 valence electrons. The molecule has 4 rings (SSSR count). The third-order valence-electron chi connectivity index (χ3n) is 8.18. The van der Waals surface area contributed by atoms with E-state index in [1.54, 1.807) is 0 Å². The Bertz CT molecular complexity index is 1050. The lowest BCUT2D eigenvalue weighted by Gasteiger charge is -2.30. The van der Waals surface area contributed by atoms with Gasteiger partial charge in [0.2, 0.25) is 5.91 Å². The molecule has 2 N–H and O–H groups in total. The molecule has 2 aromatic carbocycles. The van der Waals surface area contributed by atoms with Gasteiger partial charge >= 0.3 is 0 Å². The van der Waals surface area contributed by atoms with Crippen LogP contribution in [0.2, 0.25) is 0 Å². The van der Waals surface area contributed by atoms with Gasteiger partial charge in [-0.15, -0.1) is 0 Å². The molecule has 2 atom stereocenters. The lowest BCUT2D eigenvalue weighted by molar-refractivity contribution is -0.133. The average molecular weight is 572 g/mol. The molecule has 37 heavy (non-hydrogen) atoms. The summed E-state index contributed by atoms with van der Waals surface area (Å²) >= 11 is 3.51. The number of nitrogens with one attached hydrogen (secondary N) is 2. The molecule has 6 nitrogen and oxygen atoms in total. The third kappa shape index (κ3) is 7.78. The van der Waals surface area contributed by atoms with Crippen molar-refractivity contribution in [1.82, 2.24) is 20.4 Å². The number of likely N-dealkylation sites (tertiary alicyclic amines) is 1. The lowest BCUT2D eigenvalue weighted by atomic mass is 10.0. The number of benzene rings is 2. The molecule has 2 fully saturated rings. The van der Waals surface area contributed by atoms with Crippen LogP contribution in [0.15, 0.2) is 40.9 Å². The maximum Gasteiger partial charge on any atom is 0.251 e. The predicted molar refractivity (Wildman–Crippen MR) is 155 cm³/mol. The van der Waals surface area contributed by atoms with Gasteiger partial charge in [0, 0.05) is 42.3 Å². The summed E-state index contributed by atoms with van der Waals surface area (Å²) in [5.74, 6) is 0.704. The minimum atomic E-state index is -0.195. The Morgan fingerprint density at radius 3 is 2.54 bits per heavy atom. The second-order valence-electron chi connectivity index (χ2n) is 10.8. The van der Waals surface area contributed by atoms with E-state index >= 15 is 0 Å². The molecule has 2 heterocycles. The molecule has 2 saturated heterocycles. The number of hydrogen-bond donors (Lipinski definition) is 2. The Hall–Kier alpha value is -1.96. The van der Waals surface area contributed by atoms with Gasteiger partial charge in [0.25, 0.3) is 5.91 Å². The zero-order valence-corrected chi connectivity index (χ0v) is 24.1. The van der Waals surface area contributed by atoms with Crippen LogP contribution in [0.1, 0.15) is 69.2 Å². The van der Waals surface area contributed by atoms with Gasteiger partial charge in [-0.2, -0.15) is 0 Å². The predicted octanol–water partition coefficient (Wildman–Crippen LogP) is 5.20. The maximum absolute atomic E-state index is 13.6. The summed E-state index contributed by atoms with van der Waals surface area (Å²) in [5, 5.41) is 8.94. The number of carbonyl (C=O) groups is 2. The van der Waals surface area contributed by atoms with Gasteiger partial charge in [0.1, 0.15) is 0 Å². The van der Waals surface area contributed by atoms with Crippen LogP contribution in [0.4, 0.5) is 0 Å². The lowest BCUT2D eigenvalue weighted by Crippen LogP contribution is -2.50. The van der Waals surface area contributed by atoms with Crippen LogP contribution in [0.25, 0.3) is 10.8 Å². The van der Waals surface area contributed by atoms with Gasteiger partial charge in [-0.1, -0.05) is 61.2 Å². The van der Waals surface area contributed by atoms with Crippen LogP contribution < -0.4 is 10.6 Å². The molecule has 0 radical (unpaired) electrons. The van der Waals surface area contributed by atoms with Crippen molar-refractivity contribution in [2.24, 2.45) is 5.92 Å². The van der Waals surface area contributed by atoms with Crippen molar-refractivity contribution in [3.8, 4) is 0 Å². The highest BCUT2D eigenvalue weighted by Crippen LogP contribution is 2.21. The van der Waals surface area contributed by atoms with Crippen molar-refractivity contribution in [1.29, 1.82) is 0 Å². The van der Waals surface area contributed by atoms with Crippen molar-refractivity contribution in [3.05, 3.63) is 46.4 Å². The van der Waals surface area contributed by atoms with E-state index in [0.29, 0.717) is 18.0 Å². The second kappa shape index (κ2) is 13.7. The second-order valence-corrected chi connectivity index (χ2v) is 11.7. The van der Waals surface area contributed by atoms with E-state index < -0.39 is 0 Å². The molecule has 2 aliphatic rings. The van der Waals surface area contributed by atoms with Gasteiger partial charge in [-0.05, 0) is 79.7 Å². The SMILES string of the molecule is CCC(CC)CN1CC[C@@H](CNC(=O)c2ccc3cc(Br)ccc3c2)N[C@@H](CCN2CCCCC2)C1=O. The molecule has 2 aliphatic heterocycles. The smallest absolute Gasteiger partial charge is 0.251 e. The molecule has 2 amide bonds. The molecule has 0 aliphatic carbocycles. The highest BCUT2D eigenvalue weighted by Gasteiger charge is 2.32. The fourth-order valence-corrected chi connectivity index (χ4v) is 6.04. The zero-order chi connectivity index (χ0) is 26.2. The molecule has 0 saturated carbocycles. The third-order valence-corrected chi connectivity index (χ3v) is 8.68. The minimum absolute atomic E-state index is 0.0686. The van der Waals surface area contributed by atoms with E-state index in [9.17, 15) is 9.59 Å². The summed E-state index contributed by atoms with van der Waals surface area (Å²) in [6.45, 7) is 9.76. The summed E-state index contributed by atoms with van der Waals surface area (Å²) < 4.78 is 1.03. The van der Waals surface area contributed by atoms with E-state index in [1.807, 2.05) is 30.3 Å². The molecule has 7 heteroatoms. The molecule has 0 bridgehead atoms. The van der Waals surface area contributed by atoms with Crippen molar-refractivity contribution in [2.75, 3.05) is 39.3 Å². The first-order valence-electron chi connectivity index (χ1n) is 14.2. The minimum Gasteiger partial charge on any atom is -0.350 e. The number of amides is 2. The van der Waals surface area contributed by atoms with Gasteiger partial charge in [-0.25, -0.2) is 0 Å². The molecule has 2 aromatic rings. The summed E-state index contributed by atoms with van der Waals surface area (Å²) in [6.07, 6.45) is 7.68. The number of rotatable bonds is 10. The van der Waals surface area contributed by atoms with Crippen LogP contribution in [0.5, 0.6) is 0 Å². The van der Waals surface area contributed by atoms with E-state index in [0.717, 1.165) is 73.7 Å². The van der Waals surface area contributed by atoms with Crippen LogP contribution in [0.3, 0.4) is 0 Å². The maximum atomic E-state index is 13.6. The average Bonchev–Trinajstić information content (AvgIpc) is 3.07. The van der Waals surface area contributed by atoms with E-state index in [1.165, 1.54) is 19.3 Å². The summed E-state index contributed by atoms with van der Waals surface area (Å²) in [4.78, 5) is 31.2. The molecule has 0 unspecified atom stereocenters. The number of nitrogens with zero attached hydrogens (tertiary/aromatic N) is 2. The molecule has 0 spiro atoms. The highest BCUT2D eigenvalue weighted by atomic mass is 79.9. The van der Waals surface area contributed by atoms with Crippen molar-refractivity contribution < 1.29 is 9.59 Å². The number of halogens is 1. The highest BCUT2D eigenvalue weighted by molar-refractivity contribution is 9.10. The van der Waals surface area contributed by atoms with Crippen LogP contribution in [-0.2, 0) is 4.79 Å². The fourth-order valence-electron chi connectivity index (χ4n) is 5.66. The first-order valence-corrected chi connectivity index (χ1v) is 15.0. The van der Waals surface area contributed by atoms with Gasteiger partial charge in [0.05, 0.1) is 6.04 Å². The summed E-state index contributed by atoms with van der Waals surface area (Å²) in [7, 11) is 0. The standard InChI is InChI=1S/C30H43BrN4O2/c1-3-22(4-2)21-35-17-12-27(33-28(30(35)37)13-16-34-14-6-5-7-15-34)20-32-29(36)25-9-8-24-19-26(31)11-10-23(24)18-25/h8-11,18-19,22,27-28,33H,3-7,12-17,20-21H2,1-2H3,(H,32,36)/t27-,28-/m0/s1. The summed E-state index contributed by atoms with van der Waals surface area (Å²) in [5.41, 5.74) is 0.663. The van der Waals surface area contributed by atoms with Crippen molar-refractivity contribution >= 4 is 38.5 Å². The van der Waals surface area contributed by atoms with Crippen molar-refractivity contribution in [2.45, 2.75) is 70.9 Å². The van der Waals surface area contributed by atoms with E-state index in [2.05, 4.69) is 56.3 Å². The van der Waals surface area contributed by atoms with Gasteiger partial charge in [-0.3, -0.25) is 9.59 Å². The zero-order valence-electron chi connectivity index (χ0n) is 22.5. The monoisotopic (exact) mass is 570 g/mol. The first kappa shape index (κ1) is 28.1. The Morgan fingerprint density at radius 2 is 1.78 bits per heavy atom. The Kier molecular flexibility index (Phi) is 10.4. The Labute approximate surface area is 230 Å². The van der Waals surface area contributed by atoms with Crippen LogP contribution in [-0.4, -0.2) is 73.0 Å². The summed E-state index contributed by atoms with van der Waals surface area (Å²) in [6, 6.07) is 11.8. The normalized spacial score (nSPS) is 21.4. The first-order chi connectivity index (χ1) is 18.0. The Morgan fingerprint density at radius 1 is 1.05 bits per heavy atom. The quantitative estimate of drug-likeness (QED) is 0.412. The topological polar surface area (TPSA) is 64.7 Å². The number of hydrogen-bond acceptors (Lipinski definition) is 4. The number of fused-ring (bicyclic) bond motifs is 1. The van der Waals surface area contributed by atoms with Gasteiger partial charge in [0.15, 0.2) is 0 Å². The molecular formula is C30H43BrN4O2. The van der Waals surface area contributed by atoms with Crippen LogP contribution in [0, 0.1) is 5.92 Å². The number of carbonyl (C=O) groups excluding carboxylic acids is 2.